The van der Waals surface area contributed by atoms with Crippen LogP contribution in [0.5, 0.6) is 5.75 Å². The summed E-state index contributed by atoms with van der Waals surface area (Å²) in [5, 5.41) is 22.8. The number of methoxy groups -OCH3 is 1. The van der Waals surface area contributed by atoms with Crippen molar-refractivity contribution in [2.45, 2.75) is 31.7 Å². The van der Waals surface area contributed by atoms with Gasteiger partial charge in [0.1, 0.15) is 5.75 Å². The second-order valence-corrected chi connectivity index (χ2v) is 6.13. The van der Waals surface area contributed by atoms with Gasteiger partial charge < -0.3 is 19.7 Å². The molecule has 0 saturated heterocycles. The molecule has 6 heteroatoms. The fraction of sp³-hybridized carbons (Fsp3) is 0.350. The molecule has 3 N–H and O–H groups in total. The Hall–Kier alpha value is -2.41. The number of carboxylic acid groups (broad SMARTS) is 1. The van der Waals surface area contributed by atoms with Gasteiger partial charge in [0.2, 0.25) is 0 Å². The second kappa shape index (κ2) is 9.33. The number of ether oxygens (including phenoxy) is 2. The highest BCUT2D eigenvalue weighted by atomic mass is 16.5. The van der Waals surface area contributed by atoms with Crippen molar-refractivity contribution in [3.05, 3.63) is 65.7 Å². The molecule has 6 nitrogen and oxygen atoms in total. The largest absolute Gasteiger partial charge is 0.497 e. The molecular weight excluding hydrogens is 334 g/mol. The number of aliphatic hydroxyl groups excluding tert-OH is 1. The van der Waals surface area contributed by atoms with E-state index in [1.165, 1.54) is 6.92 Å². The van der Waals surface area contributed by atoms with Crippen LogP contribution in [-0.4, -0.2) is 41.5 Å². The van der Waals surface area contributed by atoms with Gasteiger partial charge in [0, 0.05) is 6.54 Å². The van der Waals surface area contributed by atoms with Gasteiger partial charge >= 0.3 is 5.97 Å². The molecule has 0 aliphatic heterocycles. The zero-order valence-corrected chi connectivity index (χ0v) is 15.0. The maximum Gasteiger partial charge on any atom is 0.329 e. The van der Waals surface area contributed by atoms with Crippen molar-refractivity contribution in [3.63, 3.8) is 0 Å². The van der Waals surface area contributed by atoms with E-state index in [0.29, 0.717) is 0 Å². The SMILES string of the molecule is COc1ccc(CNC(COCc2ccccc2)(C(=O)O)C(C)O)cc1. The molecule has 0 spiro atoms. The first-order valence-corrected chi connectivity index (χ1v) is 8.39. The van der Waals surface area contributed by atoms with Crippen molar-refractivity contribution in [2.24, 2.45) is 0 Å². The highest BCUT2D eigenvalue weighted by Crippen LogP contribution is 2.17. The monoisotopic (exact) mass is 359 g/mol. The minimum atomic E-state index is -1.60. The van der Waals surface area contributed by atoms with Crippen LogP contribution in [0.2, 0.25) is 0 Å². The van der Waals surface area contributed by atoms with Crippen LogP contribution < -0.4 is 10.1 Å². The van der Waals surface area contributed by atoms with Gasteiger partial charge in [-0.15, -0.1) is 0 Å². The molecule has 0 radical (unpaired) electrons. The zero-order valence-electron chi connectivity index (χ0n) is 15.0. The third kappa shape index (κ3) is 5.05. The Morgan fingerprint density at radius 3 is 2.31 bits per heavy atom. The predicted molar refractivity (Wildman–Crippen MR) is 98.0 cm³/mol. The topological polar surface area (TPSA) is 88.0 Å². The summed E-state index contributed by atoms with van der Waals surface area (Å²) in [6.07, 6.45) is -1.14. The molecule has 26 heavy (non-hydrogen) atoms. The normalized spacial score (nSPS) is 14.4. The molecule has 2 rings (SSSR count). The predicted octanol–water partition coefficient (Wildman–Crippen LogP) is 2.21. The highest BCUT2D eigenvalue weighted by molar-refractivity contribution is 5.80. The van der Waals surface area contributed by atoms with Crippen molar-refractivity contribution >= 4 is 5.97 Å². The van der Waals surface area contributed by atoms with E-state index in [2.05, 4.69) is 5.32 Å². The van der Waals surface area contributed by atoms with Crippen LogP contribution in [-0.2, 0) is 22.7 Å². The van der Waals surface area contributed by atoms with Gasteiger partial charge in [-0.25, -0.2) is 0 Å². The van der Waals surface area contributed by atoms with Crippen molar-refractivity contribution in [2.75, 3.05) is 13.7 Å². The van der Waals surface area contributed by atoms with Crippen molar-refractivity contribution in [1.29, 1.82) is 0 Å². The first-order valence-electron chi connectivity index (χ1n) is 8.39. The number of hydrogen-bond donors (Lipinski definition) is 3. The molecule has 0 heterocycles. The minimum Gasteiger partial charge on any atom is -0.497 e. The van der Waals surface area contributed by atoms with Crippen LogP contribution in [0.3, 0.4) is 0 Å². The number of aliphatic hydroxyl groups is 1. The third-order valence-corrected chi connectivity index (χ3v) is 4.30. The molecule has 0 aliphatic rings. The quantitative estimate of drug-likeness (QED) is 0.603. The first-order chi connectivity index (χ1) is 12.5. The summed E-state index contributed by atoms with van der Waals surface area (Å²) >= 11 is 0. The summed E-state index contributed by atoms with van der Waals surface area (Å²) in [7, 11) is 1.58. The van der Waals surface area contributed by atoms with E-state index in [-0.39, 0.29) is 19.8 Å². The molecule has 2 aromatic rings. The molecule has 2 atom stereocenters. The molecule has 140 valence electrons. The molecular formula is C20H25NO5. The molecule has 2 aromatic carbocycles. The van der Waals surface area contributed by atoms with Gasteiger partial charge in [0.05, 0.1) is 26.4 Å². The average molecular weight is 359 g/mol. The van der Waals surface area contributed by atoms with E-state index in [0.717, 1.165) is 16.9 Å². The van der Waals surface area contributed by atoms with Gasteiger partial charge in [-0.05, 0) is 30.2 Å². The molecule has 0 saturated carbocycles. The number of aliphatic carboxylic acids is 1. The fourth-order valence-electron chi connectivity index (χ4n) is 2.54. The van der Waals surface area contributed by atoms with Crippen LogP contribution in [0.4, 0.5) is 0 Å². The van der Waals surface area contributed by atoms with E-state index in [1.54, 1.807) is 19.2 Å². The standard InChI is InChI=1S/C20H25NO5/c1-15(22)20(19(23)24,14-26-13-17-6-4-3-5-7-17)21-12-16-8-10-18(25-2)11-9-16/h3-11,15,21-22H,12-14H2,1-2H3,(H,23,24). The van der Waals surface area contributed by atoms with E-state index >= 15 is 0 Å². The number of carbonyl (C=O) groups is 1. The first kappa shape index (κ1) is 19.9. The summed E-state index contributed by atoms with van der Waals surface area (Å²) in [5.41, 5.74) is 0.210. The maximum atomic E-state index is 11.9. The van der Waals surface area contributed by atoms with Crippen LogP contribution >= 0.6 is 0 Å². The van der Waals surface area contributed by atoms with E-state index in [4.69, 9.17) is 9.47 Å². The second-order valence-electron chi connectivity index (χ2n) is 6.13. The van der Waals surface area contributed by atoms with E-state index in [9.17, 15) is 15.0 Å². The number of carboxylic acids is 1. The van der Waals surface area contributed by atoms with Crippen LogP contribution in [0.15, 0.2) is 54.6 Å². The smallest absolute Gasteiger partial charge is 0.329 e. The Balaban J connectivity index is 2.04. The zero-order chi connectivity index (χ0) is 19.0. The van der Waals surface area contributed by atoms with Crippen molar-refractivity contribution in [1.82, 2.24) is 5.32 Å². The lowest BCUT2D eigenvalue weighted by atomic mass is 9.93. The summed E-state index contributed by atoms with van der Waals surface area (Å²) in [6, 6.07) is 16.8. The van der Waals surface area contributed by atoms with Crippen LogP contribution in [0, 0.1) is 0 Å². The Morgan fingerprint density at radius 2 is 1.77 bits per heavy atom. The van der Waals surface area contributed by atoms with E-state index in [1.807, 2.05) is 42.5 Å². The Kier molecular flexibility index (Phi) is 7.15. The maximum absolute atomic E-state index is 11.9. The number of nitrogens with one attached hydrogen (secondary N) is 1. The van der Waals surface area contributed by atoms with Gasteiger partial charge in [-0.3, -0.25) is 10.1 Å². The summed E-state index contributed by atoms with van der Waals surface area (Å²) in [4.78, 5) is 11.9. The van der Waals surface area contributed by atoms with Crippen LogP contribution in [0.25, 0.3) is 0 Å². The third-order valence-electron chi connectivity index (χ3n) is 4.30. The van der Waals surface area contributed by atoms with Crippen LogP contribution in [0.1, 0.15) is 18.1 Å². The lowest BCUT2D eigenvalue weighted by molar-refractivity contribution is -0.154. The molecule has 0 aliphatic carbocycles. The summed E-state index contributed by atoms with van der Waals surface area (Å²) in [5.74, 6) is -0.436. The van der Waals surface area contributed by atoms with Crippen molar-refractivity contribution < 1.29 is 24.5 Å². The average Bonchev–Trinajstić information content (AvgIpc) is 2.65. The lowest BCUT2D eigenvalue weighted by Gasteiger charge is -2.33. The number of rotatable bonds is 10. The Bertz CT molecular complexity index is 687. The van der Waals surface area contributed by atoms with Crippen molar-refractivity contribution in [3.8, 4) is 5.75 Å². The molecule has 0 aromatic heterocycles. The number of benzene rings is 2. The van der Waals surface area contributed by atoms with Gasteiger partial charge in [-0.2, -0.15) is 0 Å². The van der Waals surface area contributed by atoms with Gasteiger partial charge in [0.15, 0.2) is 5.54 Å². The summed E-state index contributed by atoms with van der Waals surface area (Å²) < 4.78 is 10.7. The Morgan fingerprint density at radius 1 is 1.12 bits per heavy atom. The minimum absolute atomic E-state index is 0.162. The summed E-state index contributed by atoms with van der Waals surface area (Å²) in [6.45, 7) is 1.83. The van der Waals surface area contributed by atoms with Gasteiger partial charge in [-0.1, -0.05) is 42.5 Å². The molecule has 0 bridgehead atoms. The molecule has 0 fully saturated rings. The lowest BCUT2D eigenvalue weighted by Crippen LogP contribution is -2.62. The fourth-order valence-corrected chi connectivity index (χ4v) is 2.54. The van der Waals surface area contributed by atoms with Gasteiger partial charge in [0.25, 0.3) is 0 Å². The highest BCUT2D eigenvalue weighted by Gasteiger charge is 2.43. The van der Waals surface area contributed by atoms with E-state index < -0.39 is 17.6 Å². The number of hydrogen-bond acceptors (Lipinski definition) is 5. The Labute approximate surface area is 153 Å². The molecule has 2 unspecified atom stereocenters. The molecule has 0 amide bonds.